The van der Waals surface area contributed by atoms with Crippen LogP contribution in [0.1, 0.15) is 58.8 Å². The number of rotatable bonds is 1. The van der Waals surface area contributed by atoms with Crippen LogP contribution in [-0.4, -0.2) is 0 Å². The Labute approximate surface area is 71.4 Å². The quantitative estimate of drug-likeness (QED) is 0.535. The molecule has 1 rings (SSSR count). The Bertz CT molecular complexity index is 86.2. The molecule has 0 heterocycles. The van der Waals surface area contributed by atoms with Crippen molar-refractivity contribution in [2.45, 2.75) is 58.8 Å². The third-order valence-corrected chi connectivity index (χ3v) is 3.09. The average molecular weight is 154 g/mol. The molecule has 11 heavy (non-hydrogen) atoms. The van der Waals surface area contributed by atoms with Crippen molar-refractivity contribution in [1.29, 1.82) is 0 Å². The Kier molecular flexibility index (Phi) is 3.96. The van der Waals surface area contributed by atoms with Gasteiger partial charge in [-0.3, -0.25) is 0 Å². The van der Waals surface area contributed by atoms with Gasteiger partial charge < -0.3 is 0 Å². The standard InChI is InChI=1S/C11H22/c1-10(2)11-8-6-4-3-5-7-9-11/h10-11H,3-9H2,1-2H3. The second-order valence-corrected chi connectivity index (χ2v) is 4.35. The zero-order valence-corrected chi connectivity index (χ0v) is 8.10. The second kappa shape index (κ2) is 4.79. The van der Waals surface area contributed by atoms with Crippen LogP contribution in [-0.2, 0) is 0 Å². The van der Waals surface area contributed by atoms with Crippen LogP contribution in [0, 0.1) is 11.8 Å². The Balaban J connectivity index is 2.26. The summed E-state index contributed by atoms with van der Waals surface area (Å²) in [4.78, 5) is 0. The van der Waals surface area contributed by atoms with E-state index >= 15 is 0 Å². The predicted octanol–water partition coefficient (Wildman–Crippen LogP) is 4.00. The third kappa shape index (κ3) is 3.27. The van der Waals surface area contributed by atoms with Crippen molar-refractivity contribution in [2.75, 3.05) is 0 Å². The van der Waals surface area contributed by atoms with Crippen molar-refractivity contribution in [1.82, 2.24) is 0 Å². The van der Waals surface area contributed by atoms with Crippen LogP contribution in [0.25, 0.3) is 0 Å². The minimum Gasteiger partial charge on any atom is -0.0625 e. The van der Waals surface area contributed by atoms with Crippen molar-refractivity contribution in [2.24, 2.45) is 11.8 Å². The first kappa shape index (κ1) is 9.09. The fraction of sp³-hybridized carbons (Fsp3) is 1.00. The van der Waals surface area contributed by atoms with Crippen molar-refractivity contribution < 1.29 is 0 Å². The van der Waals surface area contributed by atoms with E-state index in [4.69, 9.17) is 0 Å². The molecule has 0 spiro atoms. The zero-order chi connectivity index (χ0) is 8.10. The molecule has 0 aromatic rings. The molecule has 0 unspecified atom stereocenters. The molecule has 1 aliphatic carbocycles. The summed E-state index contributed by atoms with van der Waals surface area (Å²) in [6, 6.07) is 0. The molecule has 0 aliphatic heterocycles. The number of hydrogen-bond donors (Lipinski definition) is 0. The van der Waals surface area contributed by atoms with Crippen molar-refractivity contribution in [3.05, 3.63) is 0 Å². The summed E-state index contributed by atoms with van der Waals surface area (Å²) < 4.78 is 0. The molecule has 0 atom stereocenters. The van der Waals surface area contributed by atoms with Gasteiger partial charge in [-0.05, 0) is 11.8 Å². The summed E-state index contributed by atoms with van der Waals surface area (Å²) in [6.45, 7) is 4.76. The number of hydrogen-bond acceptors (Lipinski definition) is 0. The highest BCUT2D eigenvalue weighted by atomic mass is 14.2. The lowest BCUT2D eigenvalue weighted by Crippen LogP contribution is -2.10. The fourth-order valence-corrected chi connectivity index (χ4v) is 2.15. The molecule has 0 nitrogen and oxygen atoms in total. The summed E-state index contributed by atoms with van der Waals surface area (Å²) in [7, 11) is 0. The lowest BCUT2D eigenvalue weighted by molar-refractivity contribution is 0.298. The van der Waals surface area contributed by atoms with Crippen LogP contribution in [0.5, 0.6) is 0 Å². The van der Waals surface area contributed by atoms with Crippen LogP contribution in [0.15, 0.2) is 0 Å². The minimum atomic E-state index is 0.924. The van der Waals surface area contributed by atoms with Gasteiger partial charge in [0.15, 0.2) is 0 Å². The summed E-state index contributed by atoms with van der Waals surface area (Å²) >= 11 is 0. The van der Waals surface area contributed by atoms with E-state index in [0.717, 1.165) is 11.8 Å². The highest BCUT2D eigenvalue weighted by molar-refractivity contribution is 4.66. The van der Waals surface area contributed by atoms with Gasteiger partial charge in [0, 0.05) is 0 Å². The van der Waals surface area contributed by atoms with Gasteiger partial charge >= 0.3 is 0 Å². The molecule has 0 amide bonds. The summed E-state index contributed by atoms with van der Waals surface area (Å²) in [6.07, 6.45) is 10.4. The summed E-state index contributed by atoms with van der Waals surface area (Å²) in [5.74, 6) is 1.96. The van der Waals surface area contributed by atoms with Gasteiger partial charge in [0.1, 0.15) is 0 Å². The topological polar surface area (TPSA) is 0 Å². The van der Waals surface area contributed by atoms with Crippen molar-refractivity contribution >= 4 is 0 Å². The lowest BCUT2D eigenvalue weighted by atomic mass is 9.84. The molecule has 0 N–H and O–H groups in total. The molecule has 0 heteroatoms. The maximum atomic E-state index is 2.38. The lowest BCUT2D eigenvalue weighted by Gasteiger charge is -2.22. The van der Waals surface area contributed by atoms with Gasteiger partial charge in [0.05, 0.1) is 0 Å². The van der Waals surface area contributed by atoms with Crippen molar-refractivity contribution in [3.63, 3.8) is 0 Å². The maximum Gasteiger partial charge on any atom is -0.0391 e. The summed E-state index contributed by atoms with van der Waals surface area (Å²) in [5.41, 5.74) is 0. The Hall–Kier alpha value is 0. The van der Waals surface area contributed by atoms with E-state index < -0.39 is 0 Å². The molecule has 0 aromatic heterocycles. The second-order valence-electron chi connectivity index (χ2n) is 4.35. The van der Waals surface area contributed by atoms with Crippen LogP contribution >= 0.6 is 0 Å². The van der Waals surface area contributed by atoms with Crippen LogP contribution < -0.4 is 0 Å². The Morgan fingerprint density at radius 1 is 0.818 bits per heavy atom. The Morgan fingerprint density at radius 2 is 1.27 bits per heavy atom. The molecule has 0 saturated heterocycles. The minimum absolute atomic E-state index is 0.924. The van der Waals surface area contributed by atoms with Gasteiger partial charge in [-0.1, -0.05) is 58.8 Å². The normalized spacial score (nSPS) is 23.2. The first-order chi connectivity index (χ1) is 5.30. The van der Waals surface area contributed by atoms with Crippen LogP contribution in [0.4, 0.5) is 0 Å². The van der Waals surface area contributed by atoms with Gasteiger partial charge in [-0.25, -0.2) is 0 Å². The van der Waals surface area contributed by atoms with E-state index in [1.807, 2.05) is 0 Å². The molecular weight excluding hydrogens is 132 g/mol. The monoisotopic (exact) mass is 154 g/mol. The molecular formula is C11H22. The molecule has 0 bridgehead atoms. The summed E-state index contributed by atoms with van der Waals surface area (Å²) in [5, 5.41) is 0. The highest BCUT2D eigenvalue weighted by Gasteiger charge is 2.13. The highest BCUT2D eigenvalue weighted by Crippen LogP contribution is 2.27. The van der Waals surface area contributed by atoms with E-state index in [9.17, 15) is 0 Å². The van der Waals surface area contributed by atoms with Gasteiger partial charge in [-0.2, -0.15) is 0 Å². The first-order valence-electron chi connectivity index (χ1n) is 5.30. The largest absolute Gasteiger partial charge is 0.0625 e. The molecule has 1 saturated carbocycles. The zero-order valence-electron chi connectivity index (χ0n) is 8.10. The molecule has 1 aliphatic rings. The predicted molar refractivity (Wildman–Crippen MR) is 50.6 cm³/mol. The van der Waals surface area contributed by atoms with Crippen LogP contribution in [0.2, 0.25) is 0 Å². The SMILES string of the molecule is CC(C)C1CCCCCCC1. The maximum absolute atomic E-state index is 2.38. The molecule has 1 fully saturated rings. The van der Waals surface area contributed by atoms with E-state index in [1.54, 1.807) is 0 Å². The van der Waals surface area contributed by atoms with E-state index in [2.05, 4.69) is 13.8 Å². The van der Waals surface area contributed by atoms with Gasteiger partial charge in [-0.15, -0.1) is 0 Å². The van der Waals surface area contributed by atoms with Crippen LogP contribution in [0.3, 0.4) is 0 Å². The van der Waals surface area contributed by atoms with Gasteiger partial charge in [0.25, 0.3) is 0 Å². The van der Waals surface area contributed by atoms with Gasteiger partial charge in [0.2, 0.25) is 0 Å². The van der Waals surface area contributed by atoms with Crippen molar-refractivity contribution in [3.8, 4) is 0 Å². The third-order valence-electron chi connectivity index (χ3n) is 3.09. The smallest absolute Gasteiger partial charge is 0.0391 e. The molecule has 0 aromatic carbocycles. The Morgan fingerprint density at radius 3 is 1.73 bits per heavy atom. The van der Waals surface area contributed by atoms with E-state index in [-0.39, 0.29) is 0 Å². The molecule has 0 radical (unpaired) electrons. The first-order valence-corrected chi connectivity index (χ1v) is 5.30. The van der Waals surface area contributed by atoms with E-state index in [1.165, 1.54) is 44.9 Å². The average Bonchev–Trinajstić information content (AvgIpc) is 1.84. The van der Waals surface area contributed by atoms with E-state index in [0.29, 0.717) is 0 Å². The fourth-order valence-electron chi connectivity index (χ4n) is 2.15. The molecule has 66 valence electrons.